The molecule has 0 aliphatic heterocycles. The first kappa shape index (κ1) is 11.0. The number of thiazole rings is 1. The van der Waals surface area contributed by atoms with E-state index in [1.807, 2.05) is 23.6 Å². The van der Waals surface area contributed by atoms with Gasteiger partial charge in [0.25, 0.3) is 0 Å². The molecule has 0 bridgehead atoms. The fourth-order valence-corrected chi connectivity index (χ4v) is 2.57. The second-order valence-corrected chi connectivity index (χ2v) is 4.69. The minimum atomic E-state index is -0.138. The Bertz CT molecular complexity index is 747. The molecule has 0 spiro atoms. The van der Waals surface area contributed by atoms with Gasteiger partial charge < -0.3 is 9.72 Å². The Morgan fingerprint density at radius 2 is 2.22 bits per heavy atom. The van der Waals surface area contributed by atoms with Crippen LogP contribution in [-0.4, -0.2) is 17.1 Å². The standard InChI is InChI=1S/C13H10N2O2S/c1-17-8-2-3-9-10(13-14-4-5-18-13)7-12(16)15-11(9)6-8/h2-7H,1H3,(H,15,16). The van der Waals surface area contributed by atoms with Gasteiger partial charge in [0.15, 0.2) is 0 Å². The molecule has 0 aliphatic carbocycles. The summed E-state index contributed by atoms with van der Waals surface area (Å²) in [5.74, 6) is 0.717. The lowest BCUT2D eigenvalue weighted by Crippen LogP contribution is -2.04. The SMILES string of the molecule is COc1ccc2c(-c3nccs3)cc(=O)[nH]c2c1. The molecule has 0 fully saturated rings. The first-order valence-corrected chi connectivity index (χ1v) is 6.27. The number of aromatic nitrogens is 2. The third kappa shape index (κ3) is 1.78. The average molecular weight is 258 g/mol. The van der Waals surface area contributed by atoms with Crippen LogP contribution in [0.4, 0.5) is 0 Å². The van der Waals surface area contributed by atoms with Crippen LogP contribution >= 0.6 is 11.3 Å². The highest BCUT2D eigenvalue weighted by Crippen LogP contribution is 2.29. The molecule has 2 heterocycles. The first-order chi connectivity index (χ1) is 8.78. The largest absolute Gasteiger partial charge is 0.497 e. The number of hydrogen-bond acceptors (Lipinski definition) is 4. The normalized spacial score (nSPS) is 10.7. The zero-order valence-electron chi connectivity index (χ0n) is 9.64. The molecule has 90 valence electrons. The summed E-state index contributed by atoms with van der Waals surface area (Å²) in [6.07, 6.45) is 1.73. The van der Waals surface area contributed by atoms with Crippen molar-refractivity contribution in [2.75, 3.05) is 7.11 Å². The minimum absolute atomic E-state index is 0.138. The van der Waals surface area contributed by atoms with Gasteiger partial charge >= 0.3 is 0 Å². The van der Waals surface area contributed by atoms with Gasteiger partial charge in [0.05, 0.1) is 12.6 Å². The molecule has 0 amide bonds. The van der Waals surface area contributed by atoms with Gasteiger partial charge in [-0.15, -0.1) is 11.3 Å². The van der Waals surface area contributed by atoms with E-state index in [1.54, 1.807) is 19.4 Å². The Balaban J connectivity index is 2.35. The van der Waals surface area contributed by atoms with E-state index < -0.39 is 0 Å². The van der Waals surface area contributed by atoms with Crippen LogP contribution < -0.4 is 10.3 Å². The minimum Gasteiger partial charge on any atom is -0.497 e. The molecule has 4 nitrogen and oxygen atoms in total. The second-order valence-electron chi connectivity index (χ2n) is 3.80. The molecule has 18 heavy (non-hydrogen) atoms. The number of benzene rings is 1. The van der Waals surface area contributed by atoms with E-state index in [1.165, 1.54) is 11.3 Å². The van der Waals surface area contributed by atoms with E-state index in [4.69, 9.17) is 4.74 Å². The number of hydrogen-bond donors (Lipinski definition) is 1. The summed E-state index contributed by atoms with van der Waals surface area (Å²) in [5.41, 5.74) is 1.47. The predicted octanol–water partition coefficient (Wildman–Crippen LogP) is 2.66. The summed E-state index contributed by atoms with van der Waals surface area (Å²) >= 11 is 1.51. The van der Waals surface area contributed by atoms with Crippen molar-refractivity contribution in [2.45, 2.75) is 0 Å². The number of fused-ring (bicyclic) bond motifs is 1. The third-order valence-electron chi connectivity index (χ3n) is 2.71. The lowest BCUT2D eigenvalue weighted by Gasteiger charge is -2.05. The van der Waals surface area contributed by atoms with Gasteiger partial charge in [0, 0.05) is 34.7 Å². The molecular weight excluding hydrogens is 248 g/mol. The fraction of sp³-hybridized carbons (Fsp3) is 0.0769. The molecule has 0 saturated carbocycles. The summed E-state index contributed by atoms with van der Waals surface area (Å²) in [6.45, 7) is 0. The molecule has 0 aliphatic rings. The van der Waals surface area contributed by atoms with Crippen molar-refractivity contribution in [1.29, 1.82) is 0 Å². The van der Waals surface area contributed by atoms with E-state index in [9.17, 15) is 4.79 Å². The summed E-state index contributed by atoms with van der Waals surface area (Å²) in [4.78, 5) is 18.7. The zero-order chi connectivity index (χ0) is 12.5. The highest BCUT2D eigenvalue weighted by Gasteiger charge is 2.08. The number of rotatable bonds is 2. The number of aromatic amines is 1. The van der Waals surface area contributed by atoms with Crippen LogP contribution in [-0.2, 0) is 0 Å². The van der Waals surface area contributed by atoms with E-state index >= 15 is 0 Å². The molecule has 5 heteroatoms. The highest BCUT2D eigenvalue weighted by molar-refractivity contribution is 7.13. The molecule has 3 rings (SSSR count). The van der Waals surface area contributed by atoms with Gasteiger partial charge in [-0.1, -0.05) is 0 Å². The maximum Gasteiger partial charge on any atom is 0.249 e. The number of nitrogens with zero attached hydrogens (tertiary/aromatic N) is 1. The number of methoxy groups -OCH3 is 1. The lowest BCUT2D eigenvalue weighted by molar-refractivity contribution is 0.415. The van der Waals surface area contributed by atoms with Crippen LogP contribution in [0, 0.1) is 0 Å². The van der Waals surface area contributed by atoms with Crippen LogP contribution in [0.2, 0.25) is 0 Å². The Morgan fingerprint density at radius 3 is 2.94 bits per heavy atom. The molecule has 1 aromatic carbocycles. The molecule has 1 N–H and O–H groups in total. The Labute approximate surface area is 107 Å². The van der Waals surface area contributed by atoms with Crippen molar-refractivity contribution in [1.82, 2.24) is 9.97 Å². The zero-order valence-corrected chi connectivity index (χ0v) is 10.5. The quantitative estimate of drug-likeness (QED) is 0.768. The van der Waals surface area contributed by atoms with Gasteiger partial charge in [-0.05, 0) is 12.1 Å². The van der Waals surface area contributed by atoms with Crippen LogP contribution in [0.3, 0.4) is 0 Å². The van der Waals surface area contributed by atoms with E-state index in [-0.39, 0.29) is 5.56 Å². The van der Waals surface area contributed by atoms with Gasteiger partial charge in [-0.3, -0.25) is 4.79 Å². The maximum absolute atomic E-state index is 11.7. The van der Waals surface area contributed by atoms with Crippen LogP contribution in [0.1, 0.15) is 0 Å². The summed E-state index contributed by atoms with van der Waals surface area (Å²) in [6, 6.07) is 7.19. The van der Waals surface area contributed by atoms with E-state index in [2.05, 4.69) is 9.97 Å². The molecule has 3 aromatic rings. The fourth-order valence-electron chi connectivity index (χ4n) is 1.90. The maximum atomic E-state index is 11.7. The van der Waals surface area contributed by atoms with Gasteiger partial charge in [0.1, 0.15) is 10.8 Å². The average Bonchev–Trinajstić information content (AvgIpc) is 2.90. The Hall–Kier alpha value is -2.14. The van der Waals surface area contributed by atoms with Crippen molar-refractivity contribution < 1.29 is 4.74 Å². The number of H-pyrrole nitrogens is 1. The Kier molecular flexibility index (Phi) is 2.60. The predicted molar refractivity (Wildman–Crippen MR) is 72.2 cm³/mol. The third-order valence-corrected chi connectivity index (χ3v) is 3.52. The van der Waals surface area contributed by atoms with E-state index in [0.717, 1.165) is 27.2 Å². The van der Waals surface area contributed by atoms with Crippen LogP contribution in [0.5, 0.6) is 5.75 Å². The number of pyridine rings is 1. The second kappa shape index (κ2) is 4.27. The van der Waals surface area contributed by atoms with Crippen molar-refractivity contribution in [3.8, 4) is 16.3 Å². The summed E-state index contributed by atoms with van der Waals surface area (Å²) in [7, 11) is 1.60. The molecule has 0 radical (unpaired) electrons. The monoisotopic (exact) mass is 258 g/mol. The summed E-state index contributed by atoms with van der Waals surface area (Å²) < 4.78 is 5.16. The topological polar surface area (TPSA) is 55.0 Å². The van der Waals surface area contributed by atoms with Gasteiger partial charge in [-0.25, -0.2) is 4.98 Å². The molecule has 2 aromatic heterocycles. The van der Waals surface area contributed by atoms with Crippen LogP contribution in [0.15, 0.2) is 40.6 Å². The van der Waals surface area contributed by atoms with Crippen molar-refractivity contribution in [3.05, 3.63) is 46.2 Å². The van der Waals surface area contributed by atoms with E-state index in [0.29, 0.717) is 0 Å². The molecule has 0 atom stereocenters. The molecule has 0 unspecified atom stereocenters. The number of ether oxygens (including phenoxy) is 1. The smallest absolute Gasteiger partial charge is 0.249 e. The lowest BCUT2D eigenvalue weighted by atomic mass is 10.1. The molecule has 0 saturated heterocycles. The first-order valence-electron chi connectivity index (χ1n) is 5.39. The van der Waals surface area contributed by atoms with Gasteiger partial charge in [-0.2, -0.15) is 0 Å². The van der Waals surface area contributed by atoms with Crippen molar-refractivity contribution in [2.24, 2.45) is 0 Å². The van der Waals surface area contributed by atoms with Gasteiger partial charge in [0.2, 0.25) is 5.56 Å². The van der Waals surface area contributed by atoms with Crippen molar-refractivity contribution in [3.63, 3.8) is 0 Å². The van der Waals surface area contributed by atoms with Crippen molar-refractivity contribution >= 4 is 22.2 Å². The van der Waals surface area contributed by atoms with Crippen LogP contribution in [0.25, 0.3) is 21.5 Å². The molecular formula is C13H10N2O2S. The Morgan fingerprint density at radius 1 is 1.33 bits per heavy atom. The highest BCUT2D eigenvalue weighted by atomic mass is 32.1. The number of nitrogens with one attached hydrogen (secondary N) is 1. The summed E-state index contributed by atoms with van der Waals surface area (Å²) in [5, 5.41) is 3.70.